The van der Waals surface area contributed by atoms with Crippen molar-refractivity contribution in [1.82, 2.24) is 18.3 Å². The van der Waals surface area contributed by atoms with Gasteiger partial charge in [0.05, 0.1) is 22.1 Å². The molecule has 0 amide bonds. The van der Waals surface area contributed by atoms with Crippen LogP contribution in [0, 0.1) is 0 Å². The lowest BCUT2D eigenvalue weighted by atomic mass is 10.0. The summed E-state index contributed by atoms with van der Waals surface area (Å²) >= 11 is 0. The smallest absolute Gasteiger partial charge is 0.0541 e. The van der Waals surface area contributed by atoms with Gasteiger partial charge in [0.2, 0.25) is 0 Å². The van der Waals surface area contributed by atoms with Gasteiger partial charge in [0.15, 0.2) is 0 Å². The van der Waals surface area contributed by atoms with Crippen molar-refractivity contribution in [3.05, 3.63) is 146 Å². The molecule has 4 heterocycles. The molecule has 0 spiro atoms. The Labute approximate surface area is 265 Å². The summed E-state index contributed by atoms with van der Waals surface area (Å²) < 4.78 is 9.16. The minimum Gasteiger partial charge on any atom is -0.351 e. The number of hydrogen-bond donors (Lipinski definition) is 0. The molecule has 0 atom stereocenters. The van der Waals surface area contributed by atoms with Gasteiger partial charge in [-0.15, -0.1) is 0 Å². The number of fused-ring (bicyclic) bond motifs is 8. The first kappa shape index (κ1) is 25.3. The van der Waals surface area contributed by atoms with Crippen LogP contribution in [0.25, 0.3) is 87.9 Å². The maximum Gasteiger partial charge on any atom is 0.0541 e. The van der Waals surface area contributed by atoms with E-state index in [1.54, 1.807) is 0 Å². The summed E-state index contributed by atoms with van der Waals surface area (Å²) in [6, 6.07) is 49.3. The molecular formula is C42H30N4. The highest BCUT2D eigenvalue weighted by molar-refractivity contribution is 6.13. The van der Waals surface area contributed by atoms with Crippen LogP contribution in [0.15, 0.2) is 146 Å². The van der Waals surface area contributed by atoms with Crippen LogP contribution in [0.4, 0.5) is 0 Å². The van der Waals surface area contributed by atoms with Crippen molar-refractivity contribution in [1.29, 1.82) is 0 Å². The fourth-order valence-electron chi connectivity index (χ4n) is 7.68. The quantitative estimate of drug-likeness (QED) is 0.195. The molecule has 0 radical (unpaired) electrons. The Bertz CT molecular complexity index is 2640. The van der Waals surface area contributed by atoms with Gasteiger partial charge < -0.3 is 18.3 Å². The van der Waals surface area contributed by atoms with E-state index in [9.17, 15) is 0 Å². The predicted molar refractivity (Wildman–Crippen MR) is 194 cm³/mol. The SMILES string of the molecule is Cn1ccc2cc(-n3c4ccccc4c4cc(-c5ccc6c(c5)c5ccccc5n6-c5ccc6c(ccn6C)c5)ccc43)ccc21. The second-order valence-corrected chi connectivity index (χ2v) is 12.5. The molecule has 0 bridgehead atoms. The van der Waals surface area contributed by atoms with Crippen LogP contribution in [0.3, 0.4) is 0 Å². The fourth-order valence-corrected chi connectivity index (χ4v) is 7.68. The van der Waals surface area contributed by atoms with Crippen LogP contribution >= 0.6 is 0 Å². The van der Waals surface area contributed by atoms with Gasteiger partial charge in [-0.05, 0) is 96.1 Å². The number of rotatable bonds is 3. The van der Waals surface area contributed by atoms with Crippen molar-refractivity contribution in [2.24, 2.45) is 14.1 Å². The molecule has 0 aliphatic rings. The Balaban J connectivity index is 1.16. The molecule has 0 saturated heterocycles. The summed E-state index contributed by atoms with van der Waals surface area (Å²) in [4.78, 5) is 0. The van der Waals surface area contributed by atoms with Crippen molar-refractivity contribution in [3.63, 3.8) is 0 Å². The topological polar surface area (TPSA) is 19.7 Å². The molecule has 6 aromatic carbocycles. The lowest BCUT2D eigenvalue weighted by Crippen LogP contribution is -1.94. The van der Waals surface area contributed by atoms with E-state index in [4.69, 9.17) is 0 Å². The highest BCUT2D eigenvalue weighted by Crippen LogP contribution is 2.39. The molecule has 10 aromatic rings. The first-order valence-corrected chi connectivity index (χ1v) is 15.8. The largest absolute Gasteiger partial charge is 0.351 e. The highest BCUT2D eigenvalue weighted by Gasteiger charge is 2.16. The maximum absolute atomic E-state index is 2.40. The van der Waals surface area contributed by atoms with E-state index in [2.05, 4.69) is 178 Å². The standard InChI is InChI=1S/C42H30N4/c1-43-21-19-29-23-31(13-17-37(29)43)45-39-9-5-3-7-33(39)35-25-27(11-15-41(35)45)28-12-16-42-36(26-28)34-8-4-6-10-40(34)46(42)32-14-18-38-30(24-32)20-22-44(38)2/h3-26H,1-2H3. The summed E-state index contributed by atoms with van der Waals surface area (Å²) in [5.74, 6) is 0. The third-order valence-corrected chi connectivity index (χ3v) is 9.93. The first-order chi connectivity index (χ1) is 22.6. The molecule has 0 aliphatic carbocycles. The minimum atomic E-state index is 1.18. The number of benzene rings is 6. The monoisotopic (exact) mass is 590 g/mol. The molecule has 0 N–H and O–H groups in total. The Morgan fingerprint density at radius 2 is 0.761 bits per heavy atom. The Kier molecular flexibility index (Phi) is 5.10. The van der Waals surface area contributed by atoms with Crippen molar-refractivity contribution in [3.8, 4) is 22.5 Å². The van der Waals surface area contributed by atoms with Crippen LogP contribution in [0.5, 0.6) is 0 Å². The third kappa shape index (κ3) is 3.50. The van der Waals surface area contributed by atoms with Gasteiger partial charge in [0.25, 0.3) is 0 Å². The van der Waals surface area contributed by atoms with Gasteiger partial charge in [-0.1, -0.05) is 48.5 Å². The van der Waals surface area contributed by atoms with Gasteiger partial charge >= 0.3 is 0 Å². The van der Waals surface area contributed by atoms with Crippen LogP contribution in [-0.4, -0.2) is 18.3 Å². The zero-order valence-electron chi connectivity index (χ0n) is 25.6. The number of hydrogen-bond acceptors (Lipinski definition) is 0. The van der Waals surface area contributed by atoms with Crippen LogP contribution in [-0.2, 0) is 14.1 Å². The lowest BCUT2D eigenvalue weighted by Gasteiger charge is -2.10. The summed E-state index contributed by atoms with van der Waals surface area (Å²) in [7, 11) is 4.20. The Morgan fingerprint density at radius 3 is 1.24 bits per heavy atom. The minimum absolute atomic E-state index is 1.18. The average Bonchev–Trinajstić information content (AvgIpc) is 3.84. The van der Waals surface area contributed by atoms with Gasteiger partial charge in [0.1, 0.15) is 0 Å². The van der Waals surface area contributed by atoms with E-state index >= 15 is 0 Å². The van der Waals surface area contributed by atoms with Crippen LogP contribution < -0.4 is 0 Å². The zero-order chi connectivity index (χ0) is 30.5. The van der Waals surface area contributed by atoms with Crippen molar-refractivity contribution in [2.75, 3.05) is 0 Å². The van der Waals surface area contributed by atoms with Crippen LogP contribution in [0.2, 0.25) is 0 Å². The average molecular weight is 591 g/mol. The molecule has 0 fully saturated rings. The van der Waals surface area contributed by atoms with E-state index in [1.807, 2.05) is 0 Å². The number of nitrogens with zero attached hydrogens (tertiary/aromatic N) is 4. The van der Waals surface area contributed by atoms with Crippen LogP contribution in [0.1, 0.15) is 0 Å². The molecule has 46 heavy (non-hydrogen) atoms. The van der Waals surface area contributed by atoms with E-state index in [0.29, 0.717) is 0 Å². The van der Waals surface area contributed by atoms with Crippen molar-refractivity contribution < 1.29 is 0 Å². The summed E-state index contributed by atoms with van der Waals surface area (Å²) in [5, 5.41) is 7.56. The molecule has 218 valence electrons. The van der Waals surface area contributed by atoms with Gasteiger partial charge in [0, 0.05) is 81.2 Å². The maximum atomic E-state index is 2.40. The highest BCUT2D eigenvalue weighted by atomic mass is 15.0. The Morgan fingerprint density at radius 1 is 0.348 bits per heavy atom. The number of aromatic nitrogens is 4. The molecule has 4 nitrogen and oxygen atoms in total. The van der Waals surface area contributed by atoms with E-state index in [1.165, 1.54) is 87.9 Å². The summed E-state index contributed by atoms with van der Waals surface area (Å²) in [6.07, 6.45) is 4.26. The molecule has 0 saturated carbocycles. The zero-order valence-corrected chi connectivity index (χ0v) is 25.6. The van der Waals surface area contributed by atoms with Crippen molar-refractivity contribution >= 4 is 65.4 Å². The predicted octanol–water partition coefficient (Wildman–Crippen LogP) is 10.5. The van der Waals surface area contributed by atoms with Gasteiger partial charge in [-0.3, -0.25) is 0 Å². The second kappa shape index (κ2) is 9.26. The molecule has 4 aromatic heterocycles. The molecule has 4 heteroatoms. The summed E-state index contributed by atoms with van der Waals surface area (Å²) in [5.41, 5.74) is 12.2. The van der Waals surface area contributed by atoms with E-state index in [-0.39, 0.29) is 0 Å². The number of para-hydroxylation sites is 2. The summed E-state index contributed by atoms with van der Waals surface area (Å²) in [6.45, 7) is 0. The fraction of sp³-hybridized carbons (Fsp3) is 0.0476. The number of aryl methyl sites for hydroxylation is 2. The third-order valence-electron chi connectivity index (χ3n) is 9.93. The van der Waals surface area contributed by atoms with Crippen molar-refractivity contribution in [2.45, 2.75) is 0 Å². The molecule has 0 aliphatic heterocycles. The normalized spacial score (nSPS) is 12.1. The van der Waals surface area contributed by atoms with Gasteiger partial charge in [-0.25, -0.2) is 0 Å². The lowest BCUT2D eigenvalue weighted by molar-refractivity contribution is 0.969. The molecule has 10 rings (SSSR count). The molecular weight excluding hydrogens is 560 g/mol. The Hall–Kier alpha value is -6.00. The van der Waals surface area contributed by atoms with E-state index in [0.717, 1.165) is 0 Å². The second-order valence-electron chi connectivity index (χ2n) is 12.5. The first-order valence-electron chi connectivity index (χ1n) is 15.8. The molecule has 0 unspecified atom stereocenters. The van der Waals surface area contributed by atoms with E-state index < -0.39 is 0 Å². The van der Waals surface area contributed by atoms with Gasteiger partial charge in [-0.2, -0.15) is 0 Å².